The first-order chi connectivity index (χ1) is 15.5. The van der Waals surface area contributed by atoms with Gasteiger partial charge in [0.15, 0.2) is 11.1 Å². The van der Waals surface area contributed by atoms with Gasteiger partial charge in [0, 0.05) is 22.9 Å². The van der Waals surface area contributed by atoms with E-state index in [1.165, 1.54) is 30.3 Å². The average Bonchev–Trinajstić information content (AvgIpc) is 2.73. The van der Waals surface area contributed by atoms with Crippen molar-refractivity contribution in [1.82, 2.24) is 9.88 Å². The minimum absolute atomic E-state index is 0.00869. The summed E-state index contributed by atoms with van der Waals surface area (Å²) in [7, 11) is 0. The van der Waals surface area contributed by atoms with E-state index in [0.29, 0.717) is 16.8 Å². The number of aromatic nitrogens is 1. The van der Waals surface area contributed by atoms with Gasteiger partial charge in [-0.05, 0) is 54.4 Å². The number of amides is 1. The molecule has 0 bridgehead atoms. The Bertz CT molecular complexity index is 1290. The van der Waals surface area contributed by atoms with Gasteiger partial charge in [0.05, 0.1) is 11.3 Å². The summed E-state index contributed by atoms with van der Waals surface area (Å²) in [4.78, 5) is 25.6. The van der Waals surface area contributed by atoms with Gasteiger partial charge in [0.2, 0.25) is 0 Å². The lowest BCUT2D eigenvalue weighted by Gasteiger charge is -2.14. The van der Waals surface area contributed by atoms with E-state index in [1.54, 1.807) is 19.1 Å². The van der Waals surface area contributed by atoms with Crippen molar-refractivity contribution in [2.45, 2.75) is 25.4 Å². The average molecular weight is 499 g/mol. The Labute approximate surface area is 194 Å². The first-order valence-corrected chi connectivity index (χ1v) is 11.2. The van der Waals surface area contributed by atoms with Crippen molar-refractivity contribution >= 4 is 28.6 Å². The first kappa shape index (κ1) is 24.7. The van der Waals surface area contributed by atoms with Crippen LogP contribution in [0.5, 0.6) is 0 Å². The molecule has 1 heterocycles. The van der Waals surface area contributed by atoms with Crippen LogP contribution in [0.1, 0.15) is 32.7 Å². The molecule has 0 aliphatic carbocycles. The zero-order valence-corrected chi connectivity index (χ0v) is 18.7. The molecule has 3 aromatic rings. The van der Waals surface area contributed by atoms with Gasteiger partial charge in [0.25, 0.3) is 11.5 Å². The number of aryl methyl sites for hydroxylation is 1. The highest BCUT2D eigenvalue weighted by Crippen LogP contribution is 2.30. The second-order valence-electron chi connectivity index (χ2n) is 7.15. The highest BCUT2D eigenvalue weighted by Gasteiger charge is 2.30. The molecule has 0 fully saturated rings. The summed E-state index contributed by atoms with van der Waals surface area (Å²) >= 11 is 4.04. The Morgan fingerprint density at radius 2 is 1.88 bits per heavy atom. The Morgan fingerprint density at radius 1 is 1.15 bits per heavy atom. The fourth-order valence-corrected chi connectivity index (χ4v) is 4.04. The lowest BCUT2D eigenvalue weighted by molar-refractivity contribution is -0.137. The Morgan fingerprint density at radius 3 is 2.52 bits per heavy atom. The molecule has 174 valence electrons. The highest BCUT2D eigenvalue weighted by atomic mass is 35.5. The van der Waals surface area contributed by atoms with Crippen molar-refractivity contribution in [2.75, 3.05) is 0 Å². The van der Waals surface area contributed by atoms with Crippen LogP contribution < -0.4 is 10.9 Å². The number of nitrogens with one attached hydrogen (secondary N) is 1. The van der Waals surface area contributed by atoms with Crippen LogP contribution in [0.2, 0.25) is 5.02 Å². The van der Waals surface area contributed by atoms with E-state index in [0.717, 1.165) is 16.7 Å². The zero-order valence-electron chi connectivity index (χ0n) is 17.1. The molecule has 0 radical (unpaired) electrons. The molecular weight excluding hydrogens is 481 g/mol. The summed E-state index contributed by atoms with van der Waals surface area (Å²) in [6.07, 6.45) is -4.58. The maximum Gasteiger partial charge on any atom is 0.416 e. The predicted molar refractivity (Wildman–Crippen MR) is 119 cm³/mol. The van der Waals surface area contributed by atoms with Crippen LogP contribution in [0, 0.1) is 6.92 Å². The fourth-order valence-electron chi connectivity index (χ4n) is 3.17. The van der Waals surface area contributed by atoms with Crippen molar-refractivity contribution < 1.29 is 26.7 Å². The molecule has 0 saturated carbocycles. The third kappa shape index (κ3) is 5.89. The maximum atomic E-state index is 13.1. The summed E-state index contributed by atoms with van der Waals surface area (Å²) in [5, 5.41) is 2.83. The van der Waals surface area contributed by atoms with Gasteiger partial charge < -0.3 is 9.87 Å². The first-order valence-electron chi connectivity index (χ1n) is 9.50. The largest absolute Gasteiger partial charge is 0.416 e. The van der Waals surface area contributed by atoms with Crippen LogP contribution in [0.3, 0.4) is 0 Å². The number of hydrogen-bond acceptors (Lipinski definition) is 3. The SMILES string of the molecule is Cc1ccc(C(=O)NCc2ccc(CS(=O)O)c(Cl)c2)c(=O)n1-c1cccc(C(F)(F)F)c1. The molecule has 2 aromatic carbocycles. The van der Waals surface area contributed by atoms with E-state index < -0.39 is 34.3 Å². The van der Waals surface area contributed by atoms with Gasteiger partial charge in [-0.15, -0.1) is 0 Å². The number of rotatable bonds is 6. The van der Waals surface area contributed by atoms with Gasteiger partial charge in [-0.2, -0.15) is 13.2 Å². The number of halogens is 4. The van der Waals surface area contributed by atoms with E-state index in [2.05, 4.69) is 5.32 Å². The predicted octanol–water partition coefficient (Wildman–Crippen LogP) is 4.47. The molecule has 33 heavy (non-hydrogen) atoms. The van der Waals surface area contributed by atoms with Crippen LogP contribution in [-0.4, -0.2) is 19.2 Å². The number of hydrogen-bond donors (Lipinski definition) is 2. The van der Waals surface area contributed by atoms with E-state index in [9.17, 15) is 27.0 Å². The third-order valence-electron chi connectivity index (χ3n) is 4.80. The van der Waals surface area contributed by atoms with Crippen molar-refractivity contribution in [1.29, 1.82) is 0 Å². The lowest BCUT2D eigenvalue weighted by atomic mass is 10.1. The standard InChI is InChI=1S/C22H18ClF3N2O4S/c1-13-5-8-18(21(30)28(13)17-4-2-3-16(10-17)22(24,25)26)20(29)27-11-14-6-7-15(12-33(31)32)19(23)9-14/h2-10H,11-12H2,1H3,(H,27,29)(H,31,32). The van der Waals surface area contributed by atoms with Crippen LogP contribution in [0.4, 0.5) is 13.2 Å². The van der Waals surface area contributed by atoms with Gasteiger partial charge in [0.1, 0.15) is 5.56 Å². The van der Waals surface area contributed by atoms with Gasteiger partial charge in [-0.1, -0.05) is 29.8 Å². The Hall–Kier alpha value is -2.95. The highest BCUT2D eigenvalue weighted by molar-refractivity contribution is 7.78. The zero-order chi connectivity index (χ0) is 24.3. The Balaban J connectivity index is 1.85. The number of carbonyl (C=O) groups is 1. The van der Waals surface area contributed by atoms with Crippen molar-refractivity contribution in [3.63, 3.8) is 0 Å². The summed E-state index contributed by atoms with van der Waals surface area (Å²) in [6, 6.07) is 11.8. The molecule has 0 spiro atoms. The summed E-state index contributed by atoms with van der Waals surface area (Å²) < 4.78 is 60.2. The molecule has 0 saturated heterocycles. The molecule has 0 aliphatic rings. The maximum absolute atomic E-state index is 13.1. The van der Waals surface area contributed by atoms with Crippen molar-refractivity contribution in [3.05, 3.63) is 97.9 Å². The summed E-state index contributed by atoms with van der Waals surface area (Å²) in [6.45, 7) is 1.56. The van der Waals surface area contributed by atoms with Crippen LogP contribution >= 0.6 is 11.6 Å². The quantitative estimate of drug-likeness (QED) is 0.491. The number of benzene rings is 2. The molecule has 1 atom stereocenters. The Kier molecular flexibility index (Phi) is 7.41. The van der Waals surface area contributed by atoms with Crippen LogP contribution in [0.25, 0.3) is 5.69 Å². The molecule has 1 aromatic heterocycles. The molecule has 6 nitrogen and oxygen atoms in total. The van der Waals surface area contributed by atoms with E-state index in [-0.39, 0.29) is 28.6 Å². The summed E-state index contributed by atoms with van der Waals surface area (Å²) in [5.74, 6) is -0.846. The number of nitrogens with zero attached hydrogens (tertiary/aromatic N) is 1. The second kappa shape index (κ2) is 9.90. The molecule has 2 N–H and O–H groups in total. The second-order valence-corrected chi connectivity index (χ2v) is 8.49. The van der Waals surface area contributed by atoms with Crippen LogP contribution in [-0.2, 0) is 29.6 Å². The van der Waals surface area contributed by atoms with E-state index >= 15 is 0 Å². The van der Waals surface area contributed by atoms with Gasteiger partial charge in [-0.3, -0.25) is 14.2 Å². The molecule has 3 rings (SSSR count). The molecule has 0 aliphatic heterocycles. The lowest BCUT2D eigenvalue weighted by Crippen LogP contribution is -2.33. The molecular formula is C22H18ClF3N2O4S. The fraction of sp³-hybridized carbons (Fsp3) is 0.182. The number of pyridine rings is 1. The minimum atomic E-state index is -4.58. The van der Waals surface area contributed by atoms with Crippen molar-refractivity contribution in [3.8, 4) is 5.69 Å². The van der Waals surface area contributed by atoms with E-state index in [1.807, 2.05) is 0 Å². The number of alkyl halides is 3. The van der Waals surface area contributed by atoms with E-state index in [4.69, 9.17) is 16.2 Å². The van der Waals surface area contributed by atoms with Crippen LogP contribution in [0.15, 0.2) is 59.4 Å². The minimum Gasteiger partial charge on any atom is -0.348 e. The number of carbonyl (C=O) groups excluding carboxylic acids is 1. The van der Waals surface area contributed by atoms with Gasteiger partial charge >= 0.3 is 6.18 Å². The molecule has 1 amide bonds. The summed E-state index contributed by atoms with van der Waals surface area (Å²) in [5.41, 5.74) is -0.500. The topological polar surface area (TPSA) is 88.4 Å². The molecule has 11 heteroatoms. The normalized spacial score (nSPS) is 12.4. The third-order valence-corrected chi connectivity index (χ3v) is 5.71. The van der Waals surface area contributed by atoms with Crippen molar-refractivity contribution in [2.24, 2.45) is 0 Å². The van der Waals surface area contributed by atoms with Gasteiger partial charge in [-0.25, -0.2) is 4.21 Å². The molecule has 1 unspecified atom stereocenters. The monoisotopic (exact) mass is 498 g/mol. The smallest absolute Gasteiger partial charge is 0.348 e.